The minimum atomic E-state index is -1.22. The fourth-order valence-corrected chi connectivity index (χ4v) is 3.37. The molecule has 3 rings (SSSR count). The van der Waals surface area contributed by atoms with E-state index in [1.54, 1.807) is 7.11 Å². The summed E-state index contributed by atoms with van der Waals surface area (Å²) in [7, 11) is 1.67. The van der Waals surface area contributed by atoms with Crippen LogP contribution in [0.15, 0.2) is 35.1 Å². The molecule has 0 amide bonds. The number of aryl methyl sites for hydroxylation is 1. The topological polar surface area (TPSA) is 109 Å². The number of aromatic amines is 1. The molecule has 7 heteroatoms. The molecule has 26 heavy (non-hydrogen) atoms. The van der Waals surface area contributed by atoms with Crippen LogP contribution in [-0.4, -0.2) is 48.4 Å². The van der Waals surface area contributed by atoms with Crippen LogP contribution >= 0.6 is 0 Å². The van der Waals surface area contributed by atoms with Crippen LogP contribution in [0, 0.1) is 0 Å². The first-order valence-electron chi connectivity index (χ1n) is 8.57. The molecule has 0 bridgehead atoms. The van der Waals surface area contributed by atoms with Gasteiger partial charge in [0.15, 0.2) is 0 Å². The molecule has 4 N–H and O–H groups in total. The molecule has 0 radical (unpaired) electrons. The van der Waals surface area contributed by atoms with Gasteiger partial charge in [-0.25, -0.2) is 4.79 Å². The number of nitrogens with two attached hydrogens (primary N) is 1. The van der Waals surface area contributed by atoms with Crippen LogP contribution in [0.4, 0.5) is 5.69 Å². The van der Waals surface area contributed by atoms with E-state index in [2.05, 4.69) is 9.88 Å². The molecule has 0 saturated carbocycles. The lowest BCUT2D eigenvalue weighted by Gasteiger charge is -2.19. The van der Waals surface area contributed by atoms with E-state index in [4.69, 9.17) is 15.6 Å². The number of nitrogens with one attached hydrogen (secondary N) is 1. The number of rotatable bonds is 5. The maximum absolute atomic E-state index is 12.0. The zero-order chi connectivity index (χ0) is 18.8. The zero-order valence-electron chi connectivity index (χ0n) is 14.9. The molecule has 1 saturated heterocycles. The Hall–Kier alpha value is -2.64. The molecule has 138 valence electrons. The number of H-pyrrole nitrogens is 1. The zero-order valence-corrected chi connectivity index (χ0v) is 14.9. The van der Waals surface area contributed by atoms with Crippen LogP contribution in [0.2, 0.25) is 0 Å². The lowest BCUT2D eigenvalue weighted by Crippen LogP contribution is -2.34. The van der Waals surface area contributed by atoms with Crippen molar-refractivity contribution in [3.8, 4) is 11.3 Å². The number of carboxylic acids is 1. The number of carbonyl (C=O) groups is 1. The van der Waals surface area contributed by atoms with Gasteiger partial charge in [0.1, 0.15) is 5.56 Å². The van der Waals surface area contributed by atoms with E-state index < -0.39 is 11.5 Å². The van der Waals surface area contributed by atoms with Crippen LogP contribution in [-0.2, 0) is 11.2 Å². The Labute approximate surface area is 151 Å². The van der Waals surface area contributed by atoms with Crippen LogP contribution in [0.1, 0.15) is 22.8 Å². The predicted octanol–water partition coefficient (Wildman–Crippen LogP) is 1.46. The number of carboxylic acid groups (broad SMARTS) is 1. The molecule has 0 aliphatic carbocycles. The summed E-state index contributed by atoms with van der Waals surface area (Å²) in [5.41, 5.74) is 8.56. The highest BCUT2D eigenvalue weighted by molar-refractivity contribution is 5.88. The summed E-state index contributed by atoms with van der Waals surface area (Å²) in [5.74, 6) is -1.22. The van der Waals surface area contributed by atoms with Gasteiger partial charge in [-0.15, -0.1) is 0 Å². The smallest absolute Gasteiger partial charge is 0.341 e. The second-order valence-electron chi connectivity index (χ2n) is 6.46. The number of methoxy groups -OCH3 is 1. The molecule has 2 heterocycles. The Morgan fingerprint density at radius 3 is 2.58 bits per heavy atom. The largest absolute Gasteiger partial charge is 0.477 e. The molecule has 1 aliphatic rings. The number of anilines is 1. The highest BCUT2D eigenvalue weighted by atomic mass is 16.5. The molecular weight excluding hydrogens is 334 g/mol. The summed E-state index contributed by atoms with van der Waals surface area (Å²) >= 11 is 0. The van der Waals surface area contributed by atoms with Gasteiger partial charge in [0.25, 0.3) is 5.56 Å². The number of hydrogen-bond donors (Lipinski definition) is 3. The SMILES string of the molecule is CCc1cc(C(=O)O)c(=O)[nH]c1-c1ccc(N2C[C@@H](N)[C@@H](OC)C2)cc1. The van der Waals surface area contributed by atoms with Gasteiger partial charge >= 0.3 is 5.97 Å². The van der Waals surface area contributed by atoms with Gasteiger partial charge in [-0.1, -0.05) is 19.1 Å². The molecule has 0 spiro atoms. The second kappa shape index (κ2) is 7.31. The molecule has 1 aliphatic heterocycles. The summed E-state index contributed by atoms with van der Waals surface area (Å²) in [6, 6.07) is 9.22. The van der Waals surface area contributed by atoms with Crippen LogP contribution < -0.4 is 16.2 Å². The fourth-order valence-electron chi connectivity index (χ4n) is 3.37. The maximum Gasteiger partial charge on any atom is 0.341 e. The normalized spacial score (nSPS) is 19.7. The third-order valence-electron chi connectivity index (χ3n) is 4.87. The number of nitrogens with zero attached hydrogens (tertiary/aromatic N) is 1. The quantitative estimate of drug-likeness (QED) is 0.748. The van der Waals surface area contributed by atoms with Crippen molar-refractivity contribution in [3.63, 3.8) is 0 Å². The van der Waals surface area contributed by atoms with Crippen molar-refractivity contribution in [2.45, 2.75) is 25.5 Å². The molecule has 2 aromatic rings. The number of benzene rings is 1. The number of aromatic nitrogens is 1. The highest BCUT2D eigenvalue weighted by Gasteiger charge is 2.30. The van der Waals surface area contributed by atoms with E-state index in [9.17, 15) is 9.59 Å². The third-order valence-corrected chi connectivity index (χ3v) is 4.87. The number of pyridine rings is 1. The minimum absolute atomic E-state index is 0.0151. The van der Waals surface area contributed by atoms with Crippen molar-refractivity contribution in [2.24, 2.45) is 5.73 Å². The van der Waals surface area contributed by atoms with Gasteiger partial charge in [0, 0.05) is 25.9 Å². The molecule has 0 unspecified atom stereocenters. The van der Waals surface area contributed by atoms with Gasteiger partial charge in [0.05, 0.1) is 17.8 Å². The summed E-state index contributed by atoms with van der Waals surface area (Å²) in [6.07, 6.45) is 0.631. The minimum Gasteiger partial charge on any atom is -0.477 e. The Morgan fingerprint density at radius 1 is 1.35 bits per heavy atom. The van der Waals surface area contributed by atoms with Gasteiger partial charge in [0.2, 0.25) is 0 Å². The Morgan fingerprint density at radius 2 is 2.04 bits per heavy atom. The fraction of sp³-hybridized carbons (Fsp3) is 0.368. The Kier molecular flexibility index (Phi) is 5.11. The van der Waals surface area contributed by atoms with Crippen molar-refractivity contribution in [2.75, 3.05) is 25.1 Å². The number of ether oxygens (including phenoxy) is 1. The summed E-state index contributed by atoms with van der Waals surface area (Å²) in [4.78, 5) is 28.1. The average Bonchev–Trinajstić information content (AvgIpc) is 3.02. The highest BCUT2D eigenvalue weighted by Crippen LogP contribution is 2.27. The molecule has 2 atom stereocenters. The van der Waals surface area contributed by atoms with Crippen molar-refractivity contribution in [1.29, 1.82) is 0 Å². The predicted molar refractivity (Wildman–Crippen MR) is 99.8 cm³/mol. The summed E-state index contributed by atoms with van der Waals surface area (Å²) in [6.45, 7) is 3.39. The van der Waals surface area contributed by atoms with Crippen molar-refractivity contribution < 1.29 is 14.6 Å². The Balaban J connectivity index is 1.91. The van der Waals surface area contributed by atoms with Crippen LogP contribution in [0.3, 0.4) is 0 Å². The second-order valence-corrected chi connectivity index (χ2v) is 6.46. The first kappa shape index (κ1) is 18.2. The van der Waals surface area contributed by atoms with E-state index in [1.165, 1.54) is 6.07 Å². The van der Waals surface area contributed by atoms with E-state index >= 15 is 0 Å². The van der Waals surface area contributed by atoms with Crippen molar-refractivity contribution in [3.05, 3.63) is 51.8 Å². The average molecular weight is 357 g/mol. The van der Waals surface area contributed by atoms with Gasteiger partial charge in [-0.05, 0) is 35.7 Å². The lowest BCUT2D eigenvalue weighted by atomic mass is 10.0. The van der Waals surface area contributed by atoms with Crippen LogP contribution in [0.5, 0.6) is 0 Å². The summed E-state index contributed by atoms with van der Waals surface area (Å²) in [5, 5.41) is 9.12. The lowest BCUT2D eigenvalue weighted by molar-refractivity contribution is 0.0695. The molecule has 7 nitrogen and oxygen atoms in total. The first-order chi connectivity index (χ1) is 12.4. The molecule has 1 fully saturated rings. The summed E-state index contributed by atoms with van der Waals surface area (Å²) < 4.78 is 5.39. The van der Waals surface area contributed by atoms with E-state index in [1.807, 2.05) is 31.2 Å². The standard InChI is InChI=1S/C19H23N3O4/c1-3-11-8-14(19(24)25)18(23)21-17(11)12-4-6-13(7-5-12)22-9-15(20)16(10-22)26-2/h4-8,15-16H,3,9-10,20H2,1-2H3,(H,21,23)(H,24,25)/t15-,16+/m1/s1. The van der Waals surface area contributed by atoms with E-state index in [0.717, 1.165) is 29.9 Å². The van der Waals surface area contributed by atoms with Gasteiger partial charge < -0.3 is 25.5 Å². The monoisotopic (exact) mass is 357 g/mol. The van der Waals surface area contributed by atoms with E-state index in [-0.39, 0.29) is 17.7 Å². The van der Waals surface area contributed by atoms with Gasteiger partial charge in [-0.2, -0.15) is 0 Å². The number of aromatic carboxylic acids is 1. The van der Waals surface area contributed by atoms with Crippen molar-refractivity contribution >= 4 is 11.7 Å². The van der Waals surface area contributed by atoms with Gasteiger partial charge in [-0.3, -0.25) is 4.79 Å². The third kappa shape index (κ3) is 3.36. The Bertz CT molecular complexity index is 860. The first-order valence-corrected chi connectivity index (χ1v) is 8.57. The number of hydrogen-bond acceptors (Lipinski definition) is 5. The molecule has 1 aromatic carbocycles. The van der Waals surface area contributed by atoms with Crippen LogP contribution in [0.25, 0.3) is 11.3 Å². The molecular formula is C19H23N3O4. The maximum atomic E-state index is 12.0. The molecule has 1 aromatic heterocycles. The van der Waals surface area contributed by atoms with E-state index in [0.29, 0.717) is 12.1 Å². The van der Waals surface area contributed by atoms with Crippen molar-refractivity contribution in [1.82, 2.24) is 4.98 Å².